The van der Waals surface area contributed by atoms with E-state index in [1.165, 1.54) is 16.9 Å². The molecule has 1 aromatic carbocycles. The molecule has 4 aromatic rings. The number of fused-ring (bicyclic) bond motifs is 3. The van der Waals surface area contributed by atoms with Crippen molar-refractivity contribution in [1.29, 1.82) is 0 Å². The van der Waals surface area contributed by atoms with E-state index in [0.717, 1.165) is 35.0 Å². The predicted molar refractivity (Wildman–Crippen MR) is 126 cm³/mol. The molecular formula is C25H24N4O2S. The van der Waals surface area contributed by atoms with Crippen molar-refractivity contribution in [3.8, 4) is 0 Å². The zero-order valence-electron chi connectivity index (χ0n) is 17.7. The molecule has 7 heteroatoms. The Balaban J connectivity index is 1.36. The Kier molecular flexibility index (Phi) is 5.81. The van der Waals surface area contributed by atoms with E-state index >= 15 is 0 Å². The van der Waals surface area contributed by atoms with Crippen LogP contribution in [-0.4, -0.2) is 20.0 Å². The molecule has 1 aliphatic rings. The Bertz CT molecular complexity index is 1400. The van der Waals surface area contributed by atoms with Gasteiger partial charge in [-0.15, -0.1) is 11.3 Å². The molecule has 0 atom stereocenters. The highest BCUT2D eigenvalue weighted by Crippen LogP contribution is 2.33. The minimum atomic E-state index is -0.252. The van der Waals surface area contributed by atoms with Crippen molar-refractivity contribution < 1.29 is 4.79 Å². The predicted octanol–water partition coefficient (Wildman–Crippen LogP) is 3.70. The first kappa shape index (κ1) is 20.6. The van der Waals surface area contributed by atoms with Crippen LogP contribution >= 0.6 is 11.3 Å². The molecule has 6 nitrogen and oxygen atoms in total. The van der Waals surface area contributed by atoms with Gasteiger partial charge in [0.05, 0.1) is 11.7 Å². The van der Waals surface area contributed by atoms with Gasteiger partial charge < -0.3 is 4.57 Å². The van der Waals surface area contributed by atoms with Gasteiger partial charge >= 0.3 is 0 Å². The van der Waals surface area contributed by atoms with E-state index in [0.29, 0.717) is 12.0 Å². The van der Waals surface area contributed by atoms with Crippen LogP contribution in [0, 0.1) is 0 Å². The van der Waals surface area contributed by atoms with E-state index in [4.69, 9.17) is 0 Å². The minimum Gasteiger partial charge on any atom is -0.329 e. The second-order valence-electron chi connectivity index (χ2n) is 8.06. The number of hydrogen-bond acceptors (Lipinski definition) is 4. The third-order valence-electron chi connectivity index (χ3n) is 5.86. The van der Waals surface area contributed by atoms with E-state index in [9.17, 15) is 9.59 Å². The number of aryl methyl sites for hydroxylation is 3. The third-order valence-corrected chi connectivity index (χ3v) is 7.06. The maximum absolute atomic E-state index is 13.1. The van der Waals surface area contributed by atoms with Crippen molar-refractivity contribution in [3.05, 3.63) is 92.9 Å². The zero-order chi connectivity index (χ0) is 21.9. The smallest absolute Gasteiger partial charge is 0.262 e. The fraction of sp³-hybridized carbons (Fsp3) is 0.280. The van der Waals surface area contributed by atoms with Crippen LogP contribution in [0.3, 0.4) is 0 Å². The number of pyridine rings is 1. The summed E-state index contributed by atoms with van der Waals surface area (Å²) in [6.07, 6.45) is 7.91. The molecular weight excluding hydrogens is 420 g/mol. The normalized spacial score (nSPS) is 13.9. The zero-order valence-corrected chi connectivity index (χ0v) is 18.6. The molecule has 1 amide bonds. The van der Waals surface area contributed by atoms with E-state index in [-0.39, 0.29) is 24.4 Å². The topological polar surface area (TPSA) is 69.2 Å². The lowest BCUT2D eigenvalue weighted by molar-refractivity contribution is -0.118. The van der Waals surface area contributed by atoms with Gasteiger partial charge in [0.15, 0.2) is 0 Å². The van der Waals surface area contributed by atoms with Gasteiger partial charge in [0.2, 0.25) is 5.91 Å². The van der Waals surface area contributed by atoms with Crippen molar-refractivity contribution in [2.75, 3.05) is 0 Å². The van der Waals surface area contributed by atoms with E-state index in [1.54, 1.807) is 22.2 Å². The largest absolute Gasteiger partial charge is 0.329 e. The Morgan fingerprint density at radius 2 is 1.84 bits per heavy atom. The highest BCUT2D eigenvalue weighted by molar-refractivity contribution is 7.18. The summed E-state index contributed by atoms with van der Waals surface area (Å²) in [5.41, 5.74) is 2.87. The summed E-state index contributed by atoms with van der Waals surface area (Å²) in [4.78, 5) is 36.6. The quantitative estimate of drug-likeness (QED) is 0.471. The number of thiophene rings is 1. The standard InChI is InChI=1S/C25H24N4O2S/c30-22(27-21-12-6-7-14-28(21)16-18-8-2-1-3-9-18)13-15-29-17-26-24-23(25(29)31)19-10-4-5-11-20(19)32-24/h1-3,6-9,12,14,17H,4-5,10-11,13,15-16H2. The van der Waals surface area contributed by atoms with Crippen LogP contribution in [0.15, 0.2) is 70.8 Å². The Labute approximate surface area is 189 Å². The van der Waals surface area contributed by atoms with Gasteiger partial charge in [-0.25, -0.2) is 4.98 Å². The molecule has 0 radical (unpaired) electrons. The van der Waals surface area contributed by atoms with Gasteiger partial charge in [-0.1, -0.05) is 36.4 Å². The van der Waals surface area contributed by atoms with Crippen LogP contribution in [0.1, 0.15) is 35.3 Å². The van der Waals surface area contributed by atoms with Gasteiger partial charge in [0.25, 0.3) is 5.56 Å². The molecule has 0 saturated heterocycles. The van der Waals surface area contributed by atoms with Crippen molar-refractivity contribution in [3.63, 3.8) is 0 Å². The number of carbonyl (C=O) groups is 1. The first-order chi connectivity index (χ1) is 15.7. The number of carbonyl (C=O) groups excluding carboxylic acids is 1. The fourth-order valence-electron chi connectivity index (χ4n) is 4.22. The summed E-state index contributed by atoms with van der Waals surface area (Å²) in [7, 11) is 0. The van der Waals surface area contributed by atoms with Crippen molar-refractivity contribution in [2.24, 2.45) is 4.99 Å². The monoisotopic (exact) mass is 444 g/mol. The summed E-state index contributed by atoms with van der Waals surface area (Å²) in [6.45, 7) is 0.914. The third kappa shape index (κ3) is 4.21. The molecule has 162 valence electrons. The van der Waals surface area contributed by atoms with E-state index in [2.05, 4.69) is 9.98 Å². The molecule has 0 saturated carbocycles. The molecule has 5 rings (SSSR count). The number of rotatable bonds is 5. The second kappa shape index (κ2) is 9.04. The lowest BCUT2D eigenvalue weighted by Gasteiger charge is -2.10. The minimum absolute atomic E-state index is 0.0407. The summed E-state index contributed by atoms with van der Waals surface area (Å²) >= 11 is 1.64. The van der Waals surface area contributed by atoms with E-state index in [1.807, 2.05) is 59.3 Å². The molecule has 0 unspecified atom stereocenters. The number of hydrogen-bond donors (Lipinski definition) is 0. The van der Waals surface area contributed by atoms with E-state index < -0.39 is 0 Å². The van der Waals surface area contributed by atoms with Gasteiger partial charge in [-0.2, -0.15) is 4.99 Å². The van der Waals surface area contributed by atoms with Crippen molar-refractivity contribution >= 4 is 27.5 Å². The Morgan fingerprint density at radius 3 is 2.72 bits per heavy atom. The van der Waals surface area contributed by atoms with Crippen molar-refractivity contribution in [2.45, 2.75) is 45.2 Å². The van der Waals surface area contributed by atoms with Crippen LogP contribution < -0.4 is 11.0 Å². The van der Waals surface area contributed by atoms with Gasteiger partial charge in [0, 0.05) is 30.6 Å². The maximum atomic E-state index is 13.1. The fourth-order valence-corrected chi connectivity index (χ4v) is 5.44. The molecule has 3 aromatic heterocycles. The first-order valence-corrected chi connectivity index (χ1v) is 11.8. The van der Waals surface area contributed by atoms with Crippen LogP contribution in [0.2, 0.25) is 0 Å². The first-order valence-electron chi connectivity index (χ1n) is 11.0. The molecule has 0 aliphatic heterocycles. The molecule has 0 bridgehead atoms. The average molecular weight is 445 g/mol. The summed E-state index contributed by atoms with van der Waals surface area (Å²) < 4.78 is 3.50. The van der Waals surface area contributed by atoms with Crippen molar-refractivity contribution in [1.82, 2.24) is 14.1 Å². The maximum Gasteiger partial charge on any atom is 0.262 e. The summed E-state index contributed by atoms with van der Waals surface area (Å²) in [6, 6.07) is 15.7. The summed E-state index contributed by atoms with van der Waals surface area (Å²) in [5.74, 6) is -0.252. The average Bonchev–Trinajstić information content (AvgIpc) is 3.20. The van der Waals surface area contributed by atoms with Crippen LogP contribution in [0.5, 0.6) is 0 Å². The number of benzene rings is 1. The van der Waals surface area contributed by atoms with Gasteiger partial charge in [0.1, 0.15) is 10.3 Å². The molecule has 0 spiro atoms. The Hall–Kier alpha value is -3.32. The molecule has 3 heterocycles. The molecule has 0 N–H and O–H groups in total. The molecule has 1 aliphatic carbocycles. The Morgan fingerprint density at radius 1 is 1.03 bits per heavy atom. The highest BCUT2D eigenvalue weighted by Gasteiger charge is 2.20. The summed E-state index contributed by atoms with van der Waals surface area (Å²) in [5, 5.41) is 0.750. The molecule has 0 fully saturated rings. The number of aromatic nitrogens is 3. The molecule has 32 heavy (non-hydrogen) atoms. The highest BCUT2D eigenvalue weighted by atomic mass is 32.1. The number of nitrogens with zero attached hydrogens (tertiary/aromatic N) is 4. The van der Waals surface area contributed by atoms with Crippen LogP contribution in [-0.2, 0) is 30.7 Å². The second-order valence-corrected chi connectivity index (χ2v) is 9.15. The lowest BCUT2D eigenvalue weighted by Crippen LogP contribution is -2.24. The lowest BCUT2D eigenvalue weighted by atomic mass is 9.97. The van der Waals surface area contributed by atoms with Crippen LogP contribution in [0.4, 0.5) is 0 Å². The van der Waals surface area contributed by atoms with Gasteiger partial charge in [-0.3, -0.25) is 14.2 Å². The van der Waals surface area contributed by atoms with Crippen LogP contribution in [0.25, 0.3) is 10.2 Å². The number of amides is 1. The van der Waals surface area contributed by atoms with Gasteiger partial charge in [-0.05, 0) is 48.9 Å². The SMILES string of the molecule is O=C(CCn1cnc2sc3c(c2c1=O)CCCC3)N=c1ccccn1Cc1ccccc1.